The van der Waals surface area contributed by atoms with Gasteiger partial charge in [0, 0.05) is 50.7 Å². The van der Waals surface area contributed by atoms with Crippen LogP contribution in [0.1, 0.15) is 20.3 Å². The van der Waals surface area contributed by atoms with E-state index in [4.69, 9.17) is 5.11 Å². The monoisotopic (exact) mass is 315 g/mol. The standard InChI is InChI=1S/C5H12O.Ac/c1-5(2)3-4-6;/h5-6H,3-4H2,1-2H3;. The molecule has 0 fully saturated rings. The van der Waals surface area contributed by atoms with Crippen LogP contribution in [-0.4, -0.2) is 11.7 Å². The molecule has 0 heterocycles. The van der Waals surface area contributed by atoms with Crippen molar-refractivity contribution in [2.24, 2.45) is 5.92 Å². The molecule has 7 heavy (non-hydrogen) atoms. The van der Waals surface area contributed by atoms with Gasteiger partial charge in [0.05, 0.1) is 0 Å². The molecule has 2 heteroatoms. The molecule has 0 rings (SSSR count). The number of aliphatic hydroxyl groups is 1. The van der Waals surface area contributed by atoms with Crippen LogP contribution in [0.3, 0.4) is 0 Å². The summed E-state index contributed by atoms with van der Waals surface area (Å²) in [6, 6.07) is 0. The van der Waals surface area contributed by atoms with Gasteiger partial charge in [0.1, 0.15) is 0 Å². The maximum absolute atomic E-state index is 8.24. The molecule has 0 aliphatic carbocycles. The fourth-order valence-corrected chi connectivity index (χ4v) is 0.258. The molecule has 0 aliphatic rings. The van der Waals surface area contributed by atoms with Gasteiger partial charge in [-0.1, -0.05) is 13.8 Å². The van der Waals surface area contributed by atoms with E-state index in [1.807, 2.05) is 0 Å². The van der Waals surface area contributed by atoms with E-state index in [1.54, 1.807) is 0 Å². The first kappa shape index (κ1) is 11.2. The average molecular weight is 315 g/mol. The topological polar surface area (TPSA) is 20.2 Å². The van der Waals surface area contributed by atoms with Crippen molar-refractivity contribution in [3.63, 3.8) is 0 Å². The third-order valence-electron chi connectivity index (χ3n) is 0.706. The summed E-state index contributed by atoms with van der Waals surface area (Å²) in [6.07, 6.45) is 0.931. The number of rotatable bonds is 2. The Kier molecular flexibility index (Phi) is 11.9. The zero-order valence-corrected chi connectivity index (χ0v) is 9.76. The number of hydrogen-bond acceptors (Lipinski definition) is 1. The van der Waals surface area contributed by atoms with Crippen molar-refractivity contribution in [2.45, 2.75) is 20.3 Å². The second kappa shape index (κ2) is 7.40. The summed E-state index contributed by atoms with van der Waals surface area (Å²) in [5, 5.41) is 8.24. The van der Waals surface area contributed by atoms with Gasteiger partial charge < -0.3 is 5.11 Å². The van der Waals surface area contributed by atoms with Crippen LogP contribution in [0.4, 0.5) is 0 Å². The quantitative estimate of drug-likeness (QED) is 0.807. The predicted octanol–water partition coefficient (Wildman–Crippen LogP) is 1.02. The van der Waals surface area contributed by atoms with Gasteiger partial charge in [-0.25, -0.2) is 0 Å². The van der Waals surface area contributed by atoms with Gasteiger partial charge in [-0.15, -0.1) is 0 Å². The minimum Gasteiger partial charge on any atom is -0.396 e. The van der Waals surface area contributed by atoms with E-state index in [9.17, 15) is 0 Å². The minimum atomic E-state index is 0. The van der Waals surface area contributed by atoms with Crippen LogP contribution in [0.25, 0.3) is 0 Å². The third kappa shape index (κ3) is 11.1. The molecular formula is C5H12AcO. The van der Waals surface area contributed by atoms with Gasteiger partial charge in [0.2, 0.25) is 0 Å². The van der Waals surface area contributed by atoms with E-state index in [2.05, 4.69) is 13.8 Å². The van der Waals surface area contributed by atoms with Crippen LogP contribution in [0.15, 0.2) is 0 Å². The van der Waals surface area contributed by atoms with E-state index in [1.165, 1.54) is 0 Å². The predicted molar refractivity (Wildman–Crippen MR) is 26.5 cm³/mol. The Morgan fingerprint density at radius 2 is 1.86 bits per heavy atom. The van der Waals surface area contributed by atoms with E-state index in [0.717, 1.165) is 6.42 Å². The molecule has 0 aliphatic heterocycles. The molecule has 1 radical (unpaired) electrons. The number of aliphatic hydroxyl groups excluding tert-OH is 1. The summed E-state index contributed by atoms with van der Waals surface area (Å²) in [7, 11) is 0. The van der Waals surface area contributed by atoms with Crippen molar-refractivity contribution in [2.75, 3.05) is 6.61 Å². The Hall–Kier alpha value is 1.40. The first-order valence-corrected chi connectivity index (χ1v) is 2.38. The van der Waals surface area contributed by atoms with Crippen LogP contribution in [0.2, 0.25) is 0 Å². The Labute approximate surface area is 81.0 Å². The molecule has 0 spiro atoms. The summed E-state index contributed by atoms with van der Waals surface area (Å²) in [5.74, 6) is 0.648. The second-order valence-corrected chi connectivity index (χ2v) is 1.91. The molecule has 0 aromatic heterocycles. The molecule has 0 aromatic rings. The molecule has 0 saturated carbocycles. The molecule has 41 valence electrons. The first-order chi connectivity index (χ1) is 2.77. The minimum absolute atomic E-state index is 0. The Morgan fingerprint density at radius 3 is 1.86 bits per heavy atom. The first-order valence-electron chi connectivity index (χ1n) is 2.38. The van der Waals surface area contributed by atoms with Gasteiger partial charge in [-0.2, -0.15) is 0 Å². The van der Waals surface area contributed by atoms with Gasteiger partial charge in [-0.3, -0.25) is 0 Å². The van der Waals surface area contributed by atoms with Crippen molar-refractivity contribution >= 4 is 0 Å². The molecule has 1 nitrogen and oxygen atoms in total. The Balaban J connectivity index is 0. The van der Waals surface area contributed by atoms with Crippen LogP contribution in [0.5, 0.6) is 0 Å². The van der Waals surface area contributed by atoms with Crippen molar-refractivity contribution in [1.29, 1.82) is 0 Å². The summed E-state index contributed by atoms with van der Waals surface area (Å²) in [6.45, 7) is 4.52. The summed E-state index contributed by atoms with van der Waals surface area (Å²) < 4.78 is 0. The second-order valence-electron chi connectivity index (χ2n) is 1.91. The van der Waals surface area contributed by atoms with Crippen LogP contribution in [-0.2, 0) is 0 Å². The average Bonchev–Trinajstić information content (AvgIpc) is 1.35. The maximum Gasteiger partial charge on any atom is 0.0433 e. The summed E-state index contributed by atoms with van der Waals surface area (Å²) >= 11 is 0. The fourth-order valence-electron chi connectivity index (χ4n) is 0.258. The Bertz CT molecular complexity index is 29.3. The van der Waals surface area contributed by atoms with Crippen molar-refractivity contribution in [1.82, 2.24) is 0 Å². The van der Waals surface area contributed by atoms with Gasteiger partial charge >= 0.3 is 0 Å². The van der Waals surface area contributed by atoms with Crippen molar-refractivity contribution in [3.8, 4) is 0 Å². The van der Waals surface area contributed by atoms with E-state index >= 15 is 0 Å². The van der Waals surface area contributed by atoms with Crippen molar-refractivity contribution < 1.29 is 49.2 Å². The fraction of sp³-hybridized carbons (Fsp3) is 1.00. The maximum atomic E-state index is 8.24. The normalized spacial score (nSPS) is 8.57. The molecule has 0 unspecified atom stereocenters. The van der Waals surface area contributed by atoms with Gasteiger partial charge in [0.25, 0.3) is 0 Å². The third-order valence-corrected chi connectivity index (χ3v) is 0.706. The molecule has 0 atom stereocenters. The molecule has 0 bridgehead atoms. The van der Waals surface area contributed by atoms with Crippen LogP contribution in [0, 0.1) is 50.0 Å². The van der Waals surface area contributed by atoms with Gasteiger partial charge in [-0.05, 0) is 12.3 Å². The number of hydrogen-bond donors (Lipinski definition) is 1. The molecular weight excluding hydrogens is 303 g/mol. The molecule has 0 saturated heterocycles. The smallest absolute Gasteiger partial charge is 0.0433 e. The van der Waals surface area contributed by atoms with Crippen LogP contribution < -0.4 is 0 Å². The van der Waals surface area contributed by atoms with Crippen molar-refractivity contribution in [3.05, 3.63) is 0 Å². The van der Waals surface area contributed by atoms with E-state index < -0.39 is 0 Å². The summed E-state index contributed by atoms with van der Waals surface area (Å²) in [4.78, 5) is 0. The molecule has 0 aromatic carbocycles. The molecule has 1 N–H and O–H groups in total. The van der Waals surface area contributed by atoms with Gasteiger partial charge in [0.15, 0.2) is 0 Å². The molecule has 0 amide bonds. The van der Waals surface area contributed by atoms with Crippen LogP contribution >= 0.6 is 0 Å². The van der Waals surface area contributed by atoms with E-state index in [0.29, 0.717) is 12.5 Å². The SMILES string of the molecule is CC(C)CCO.[Ac]. The van der Waals surface area contributed by atoms with E-state index in [-0.39, 0.29) is 44.1 Å². The summed E-state index contributed by atoms with van der Waals surface area (Å²) in [5.41, 5.74) is 0. The zero-order chi connectivity index (χ0) is 4.99. The largest absolute Gasteiger partial charge is 0.396 e. The Morgan fingerprint density at radius 1 is 1.43 bits per heavy atom. The zero-order valence-electron chi connectivity index (χ0n) is 5.02.